The number of azide groups is 1. The number of hydrogen-bond donors (Lipinski definition) is 9. The van der Waals surface area contributed by atoms with Crippen LogP contribution >= 0.6 is 0 Å². The molecule has 0 unspecified atom stereocenters. The molecule has 3 aromatic rings. The third kappa shape index (κ3) is 16.3. The number of nitrogens with zero attached hydrogens (tertiary/aromatic N) is 3. The summed E-state index contributed by atoms with van der Waals surface area (Å²) in [7, 11) is 0. The van der Waals surface area contributed by atoms with Gasteiger partial charge >= 0.3 is 24.4 Å². The van der Waals surface area contributed by atoms with Gasteiger partial charge in [-0.2, -0.15) is 0 Å². The van der Waals surface area contributed by atoms with E-state index >= 15 is 0 Å². The van der Waals surface area contributed by atoms with Crippen LogP contribution in [0.2, 0.25) is 0 Å². The van der Waals surface area contributed by atoms with E-state index in [9.17, 15) is 49.5 Å². The number of hydrogen-bond acceptors (Lipinski definition) is 21. The molecule has 9 N–H and O–H groups in total. The topological polar surface area (TPSA) is 376 Å². The second-order valence-electron chi connectivity index (χ2n) is 20.1. The summed E-state index contributed by atoms with van der Waals surface area (Å²) in [6.45, 7) is 0.180. The Morgan fingerprint density at radius 2 is 1.35 bits per heavy atom. The molecule has 27 heteroatoms. The Morgan fingerprint density at radius 3 is 1.96 bits per heavy atom. The molecule has 81 heavy (non-hydrogen) atoms. The van der Waals surface area contributed by atoms with E-state index < -0.39 is 147 Å². The molecule has 0 bridgehead atoms. The molecule has 5 aliphatic rings. The van der Waals surface area contributed by atoms with Gasteiger partial charge in [0.1, 0.15) is 74.3 Å². The van der Waals surface area contributed by atoms with Crippen LogP contribution in [0, 0.1) is 11.8 Å². The number of carbonyl (C=O) groups is 5. The van der Waals surface area contributed by atoms with Crippen molar-refractivity contribution < 1.29 is 96.9 Å². The number of alkyl carbamates (subject to hydrolysis) is 4. The first kappa shape index (κ1) is 60.0. The highest BCUT2D eigenvalue weighted by molar-refractivity contribution is 5.83. The van der Waals surface area contributed by atoms with Crippen LogP contribution in [0.1, 0.15) is 49.3 Å². The van der Waals surface area contributed by atoms with E-state index in [1.807, 2.05) is 12.1 Å². The SMILES string of the molecule is C[C@H]1C[C@@H](CC(=O)[C@@H](O)CCNC(=O)OCc2ccccc2)[C@H](O)[C@@H](O[C@@H]2O[C@H](CO)[C@@H](O[C@H]3O[C@H]4CNC(=O)O[C@H]4[C@H](O)[C@H]3NC(=O)OCc3ccccc3)[C@H]2O)[C@@H]1O[C@H]1OC(CN=[N+]=[N-])=CC[C@H]1NC(=O)OCc1ccccc1. The van der Waals surface area contributed by atoms with Crippen LogP contribution in [0.4, 0.5) is 19.2 Å². The summed E-state index contributed by atoms with van der Waals surface area (Å²) in [6, 6.07) is 24.1. The van der Waals surface area contributed by atoms with Crippen molar-refractivity contribution in [2.75, 3.05) is 26.2 Å². The standard InChI is InChI=1S/C54H67N7O20/c1-29-21-33(22-37(64)36(63)19-20-56-51(68)72-26-30-11-5-2-6-12-30)41(65)47(44(29)78-48-35(18-17-34(75-48)23-58-61-55)59-53(70)73-27-31-13-7-3-8-14-31)80-50-43(67)46(39(25-62)77-50)79-49-40(42(66)45-38(76-49)24-57-52(69)81-45)60-54(71)74-28-32-15-9-4-10-16-32/h2-17,29,33,35-36,38-50,62-63,65-67H,18-28H2,1H3,(H,56,68)(H,57,69)(H,59,70)(H,60,71)/t29-,33-,35+,36-,38-,39+,40+,41-,42+,43+,44+,45+,46+,47+,48+,49+,50-/m0/s1. The molecule has 4 aliphatic heterocycles. The number of carbonyl (C=O) groups excluding carboxylic acids is 5. The van der Waals surface area contributed by atoms with Crippen molar-refractivity contribution in [1.29, 1.82) is 0 Å². The highest BCUT2D eigenvalue weighted by Crippen LogP contribution is 2.40. The molecule has 3 aromatic carbocycles. The van der Waals surface area contributed by atoms with E-state index in [1.165, 1.54) is 0 Å². The molecular formula is C54H67N7O20. The third-order valence-corrected chi connectivity index (χ3v) is 14.3. The van der Waals surface area contributed by atoms with Crippen molar-refractivity contribution >= 4 is 30.2 Å². The van der Waals surface area contributed by atoms with Gasteiger partial charge in [0.05, 0.1) is 37.9 Å². The maximum atomic E-state index is 13.7. The van der Waals surface area contributed by atoms with Crippen LogP contribution in [-0.2, 0) is 72.0 Å². The maximum Gasteiger partial charge on any atom is 0.407 e. The monoisotopic (exact) mass is 1130 g/mol. The van der Waals surface area contributed by atoms with Gasteiger partial charge in [-0.05, 0) is 59.4 Å². The summed E-state index contributed by atoms with van der Waals surface area (Å²) in [6.07, 6.45) is -21.8. The number of amides is 4. The molecule has 1 aliphatic carbocycles. The average Bonchev–Trinajstić information content (AvgIpc) is 4.01. The van der Waals surface area contributed by atoms with Gasteiger partial charge in [0.15, 0.2) is 24.5 Å². The number of nitrogens with one attached hydrogen (secondary N) is 4. The Balaban J connectivity index is 0.997. The van der Waals surface area contributed by atoms with Gasteiger partial charge in [-0.1, -0.05) is 103 Å². The van der Waals surface area contributed by atoms with E-state index in [2.05, 4.69) is 31.3 Å². The van der Waals surface area contributed by atoms with Crippen LogP contribution in [0.3, 0.4) is 0 Å². The fourth-order valence-corrected chi connectivity index (χ4v) is 10.1. The van der Waals surface area contributed by atoms with Crippen molar-refractivity contribution in [3.63, 3.8) is 0 Å². The van der Waals surface area contributed by atoms with Crippen molar-refractivity contribution in [1.82, 2.24) is 21.3 Å². The van der Waals surface area contributed by atoms with Crippen molar-refractivity contribution in [2.24, 2.45) is 17.0 Å². The van der Waals surface area contributed by atoms with Gasteiger partial charge in [-0.15, -0.1) is 0 Å². The number of fused-ring (bicyclic) bond motifs is 1. The number of Topliss-reactive ketones (excluding diaryl/α,β-unsaturated/α-hetero) is 1. The Labute approximate surface area is 464 Å². The molecule has 0 radical (unpaired) electrons. The summed E-state index contributed by atoms with van der Waals surface area (Å²) < 4.78 is 59.2. The first-order chi connectivity index (χ1) is 39.2. The predicted molar refractivity (Wildman–Crippen MR) is 276 cm³/mol. The minimum atomic E-state index is -1.84. The molecule has 17 atom stereocenters. The number of ether oxygens (including phenoxy) is 10. The Bertz CT molecular complexity index is 2640. The van der Waals surface area contributed by atoms with Crippen molar-refractivity contribution in [2.45, 2.75) is 144 Å². The summed E-state index contributed by atoms with van der Waals surface area (Å²) in [5.74, 6) is -2.08. The second kappa shape index (κ2) is 29.0. The predicted octanol–water partition coefficient (Wildman–Crippen LogP) is 2.60. The van der Waals surface area contributed by atoms with Crippen LogP contribution < -0.4 is 21.3 Å². The van der Waals surface area contributed by atoms with Gasteiger partial charge in [0, 0.05) is 17.9 Å². The van der Waals surface area contributed by atoms with E-state index in [-0.39, 0.29) is 64.5 Å². The molecule has 4 fully saturated rings. The lowest BCUT2D eigenvalue weighted by atomic mass is 9.74. The fourth-order valence-electron chi connectivity index (χ4n) is 10.1. The third-order valence-electron chi connectivity index (χ3n) is 14.3. The van der Waals surface area contributed by atoms with Gasteiger partial charge in [-0.3, -0.25) is 4.79 Å². The molecule has 1 saturated carbocycles. The summed E-state index contributed by atoms with van der Waals surface area (Å²) in [4.78, 5) is 67.7. The zero-order valence-electron chi connectivity index (χ0n) is 44.0. The lowest BCUT2D eigenvalue weighted by Gasteiger charge is -2.46. The molecular weight excluding hydrogens is 1070 g/mol. The van der Waals surface area contributed by atoms with Crippen LogP contribution in [-0.4, -0.2) is 174 Å². The van der Waals surface area contributed by atoms with Gasteiger partial charge in [0.25, 0.3) is 0 Å². The smallest absolute Gasteiger partial charge is 0.407 e. The van der Waals surface area contributed by atoms with Gasteiger partial charge in [0.2, 0.25) is 6.29 Å². The van der Waals surface area contributed by atoms with E-state index in [0.29, 0.717) is 11.1 Å². The molecule has 0 aromatic heterocycles. The molecule has 4 amide bonds. The van der Waals surface area contributed by atoms with Crippen LogP contribution in [0.15, 0.2) is 108 Å². The molecule has 27 nitrogen and oxygen atoms in total. The zero-order valence-corrected chi connectivity index (χ0v) is 44.0. The highest BCUT2D eigenvalue weighted by atomic mass is 16.8. The van der Waals surface area contributed by atoms with Gasteiger partial charge in [-0.25, -0.2) is 19.2 Å². The minimum Gasteiger partial charge on any atom is -0.467 e. The molecule has 438 valence electrons. The summed E-state index contributed by atoms with van der Waals surface area (Å²) >= 11 is 0. The average molecular weight is 1130 g/mol. The quantitative estimate of drug-likeness (QED) is 0.0285. The van der Waals surface area contributed by atoms with Crippen LogP contribution in [0.5, 0.6) is 0 Å². The molecule has 0 spiro atoms. The van der Waals surface area contributed by atoms with E-state index in [1.54, 1.807) is 91.9 Å². The number of benzene rings is 3. The number of rotatable bonds is 23. The second-order valence-corrected chi connectivity index (χ2v) is 20.1. The van der Waals surface area contributed by atoms with E-state index in [4.69, 9.17) is 52.9 Å². The minimum absolute atomic E-state index is 0.000398. The van der Waals surface area contributed by atoms with Gasteiger partial charge < -0.3 is 94.2 Å². The lowest BCUT2D eigenvalue weighted by Crippen LogP contribution is -2.69. The summed E-state index contributed by atoms with van der Waals surface area (Å²) in [5, 5.41) is 71.6. The summed E-state index contributed by atoms with van der Waals surface area (Å²) in [5.41, 5.74) is 11.2. The molecule has 8 rings (SSSR count). The van der Waals surface area contributed by atoms with Crippen molar-refractivity contribution in [3.8, 4) is 0 Å². The molecule has 4 heterocycles. The largest absolute Gasteiger partial charge is 0.467 e. The first-order valence-corrected chi connectivity index (χ1v) is 26.5. The Kier molecular flexibility index (Phi) is 21.5. The normalized spacial score (nSPS) is 30.9. The number of aliphatic hydroxyl groups excluding tert-OH is 5. The van der Waals surface area contributed by atoms with Crippen molar-refractivity contribution in [3.05, 3.63) is 130 Å². The lowest BCUT2D eigenvalue weighted by molar-refractivity contribution is -0.290. The fraction of sp³-hybridized carbons (Fsp3) is 0.537. The molecule has 3 saturated heterocycles. The Hall–Kier alpha value is -7.14. The highest BCUT2D eigenvalue weighted by Gasteiger charge is 2.56. The van der Waals surface area contributed by atoms with E-state index in [0.717, 1.165) is 5.56 Å². The zero-order chi connectivity index (χ0) is 57.4. The maximum absolute atomic E-state index is 13.7. The first-order valence-electron chi connectivity index (χ1n) is 26.5. The number of aliphatic hydroxyl groups is 5. The van der Waals surface area contributed by atoms with Crippen LogP contribution in [0.25, 0.3) is 10.4 Å². The number of ketones is 1. The Morgan fingerprint density at radius 1 is 0.753 bits per heavy atom.